The summed E-state index contributed by atoms with van der Waals surface area (Å²) in [7, 11) is 0. The molecule has 0 spiro atoms. The molecule has 0 unspecified atom stereocenters. The fourth-order valence-corrected chi connectivity index (χ4v) is 1.59. The van der Waals surface area contributed by atoms with Crippen LogP contribution in [-0.4, -0.2) is 27.5 Å². The Labute approximate surface area is 107 Å². The van der Waals surface area contributed by atoms with Crippen LogP contribution < -0.4 is 4.74 Å². The molecule has 2 heterocycles. The Morgan fingerprint density at radius 2 is 2.16 bits per heavy atom. The van der Waals surface area contributed by atoms with Crippen molar-refractivity contribution in [2.45, 2.75) is 19.6 Å². The van der Waals surface area contributed by atoms with E-state index in [1.165, 1.54) is 6.20 Å². The topological polar surface area (TPSA) is 39.9 Å². The Balaban J connectivity index is 2.04. The number of hydrogen-bond acceptors (Lipinski definition) is 3. The standard InChI is InChI=1S/C12H12F3N3O/c1-9-5-10(7-18-4-2-3-17-18)6-16-11(9)19-8-12(13,14)15/h2-6H,7-8H2,1H3. The summed E-state index contributed by atoms with van der Waals surface area (Å²) in [6.45, 7) is 0.838. The molecule has 0 fully saturated rings. The van der Waals surface area contributed by atoms with Crippen LogP contribution in [0.1, 0.15) is 11.1 Å². The van der Waals surface area contributed by atoms with Gasteiger partial charge in [-0.05, 0) is 24.6 Å². The van der Waals surface area contributed by atoms with Crippen LogP contribution >= 0.6 is 0 Å². The van der Waals surface area contributed by atoms with Crippen molar-refractivity contribution >= 4 is 0 Å². The van der Waals surface area contributed by atoms with Crippen molar-refractivity contribution in [3.8, 4) is 5.88 Å². The number of ether oxygens (including phenoxy) is 1. The highest BCUT2D eigenvalue weighted by Crippen LogP contribution is 2.20. The third kappa shape index (κ3) is 3.97. The zero-order valence-corrected chi connectivity index (χ0v) is 10.2. The molecule has 0 radical (unpaired) electrons. The normalized spacial score (nSPS) is 11.6. The first-order chi connectivity index (χ1) is 8.94. The van der Waals surface area contributed by atoms with Gasteiger partial charge >= 0.3 is 6.18 Å². The quantitative estimate of drug-likeness (QED) is 0.858. The monoisotopic (exact) mass is 271 g/mol. The van der Waals surface area contributed by atoms with Crippen molar-refractivity contribution in [1.29, 1.82) is 0 Å². The van der Waals surface area contributed by atoms with Gasteiger partial charge < -0.3 is 4.74 Å². The van der Waals surface area contributed by atoms with E-state index in [9.17, 15) is 13.2 Å². The molecular formula is C12H12F3N3O. The van der Waals surface area contributed by atoms with Gasteiger partial charge in [0.1, 0.15) is 0 Å². The minimum Gasteiger partial charge on any atom is -0.468 e. The lowest BCUT2D eigenvalue weighted by molar-refractivity contribution is -0.154. The highest BCUT2D eigenvalue weighted by molar-refractivity contribution is 5.28. The number of pyridine rings is 1. The van der Waals surface area contributed by atoms with E-state index in [1.807, 2.05) is 0 Å². The lowest BCUT2D eigenvalue weighted by Crippen LogP contribution is -2.20. The van der Waals surface area contributed by atoms with Gasteiger partial charge in [0.15, 0.2) is 6.61 Å². The average molecular weight is 271 g/mol. The lowest BCUT2D eigenvalue weighted by Gasteiger charge is -2.11. The number of nitrogens with zero attached hydrogens (tertiary/aromatic N) is 3. The summed E-state index contributed by atoms with van der Waals surface area (Å²) >= 11 is 0. The molecule has 19 heavy (non-hydrogen) atoms. The summed E-state index contributed by atoms with van der Waals surface area (Å²) in [6.07, 6.45) is 0.576. The number of aryl methyl sites for hydroxylation is 1. The maximum absolute atomic E-state index is 12.0. The third-order valence-electron chi connectivity index (χ3n) is 2.36. The minimum absolute atomic E-state index is 0.00143. The Bertz CT molecular complexity index is 538. The molecule has 2 aromatic heterocycles. The van der Waals surface area contributed by atoms with Crippen LogP contribution in [0, 0.1) is 6.92 Å². The van der Waals surface area contributed by atoms with E-state index >= 15 is 0 Å². The molecular weight excluding hydrogens is 259 g/mol. The number of rotatable bonds is 4. The van der Waals surface area contributed by atoms with Crippen molar-refractivity contribution in [2.24, 2.45) is 0 Å². The highest BCUT2D eigenvalue weighted by atomic mass is 19.4. The number of halogens is 3. The molecule has 0 bridgehead atoms. The fraction of sp³-hybridized carbons (Fsp3) is 0.333. The molecule has 4 nitrogen and oxygen atoms in total. The summed E-state index contributed by atoms with van der Waals surface area (Å²) in [5.74, 6) is 0.00143. The molecule has 2 aromatic rings. The van der Waals surface area contributed by atoms with E-state index in [1.54, 1.807) is 36.1 Å². The van der Waals surface area contributed by atoms with Gasteiger partial charge in [-0.1, -0.05) is 0 Å². The van der Waals surface area contributed by atoms with Crippen molar-refractivity contribution in [1.82, 2.24) is 14.8 Å². The van der Waals surface area contributed by atoms with Gasteiger partial charge in [-0.15, -0.1) is 0 Å². The van der Waals surface area contributed by atoms with E-state index in [2.05, 4.69) is 14.8 Å². The molecule has 0 N–H and O–H groups in total. The molecule has 0 aliphatic heterocycles. The summed E-state index contributed by atoms with van der Waals surface area (Å²) in [4.78, 5) is 3.90. The molecule has 0 saturated heterocycles. The van der Waals surface area contributed by atoms with Gasteiger partial charge in [0, 0.05) is 24.2 Å². The predicted octanol–water partition coefficient (Wildman–Crippen LogP) is 2.58. The molecule has 0 aliphatic carbocycles. The van der Waals surface area contributed by atoms with Crippen LogP contribution in [0.25, 0.3) is 0 Å². The zero-order valence-electron chi connectivity index (χ0n) is 10.2. The summed E-state index contributed by atoms with van der Waals surface area (Å²) in [5, 5.41) is 4.04. The Morgan fingerprint density at radius 3 is 2.74 bits per heavy atom. The van der Waals surface area contributed by atoms with Crippen molar-refractivity contribution in [2.75, 3.05) is 6.61 Å². The smallest absolute Gasteiger partial charge is 0.422 e. The largest absolute Gasteiger partial charge is 0.468 e. The number of alkyl halides is 3. The summed E-state index contributed by atoms with van der Waals surface area (Å²) in [5.41, 5.74) is 1.41. The first-order valence-corrected chi connectivity index (χ1v) is 5.56. The molecule has 0 amide bonds. The summed E-state index contributed by atoms with van der Waals surface area (Å²) in [6, 6.07) is 3.53. The van der Waals surface area contributed by atoms with Gasteiger partial charge in [0.05, 0.1) is 6.54 Å². The second-order valence-electron chi connectivity index (χ2n) is 4.07. The van der Waals surface area contributed by atoms with Crippen molar-refractivity contribution < 1.29 is 17.9 Å². The summed E-state index contributed by atoms with van der Waals surface area (Å²) < 4.78 is 42.5. The van der Waals surface area contributed by atoms with Crippen LogP contribution in [0.2, 0.25) is 0 Å². The van der Waals surface area contributed by atoms with Crippen LogP contribution in [0.4, 0.5) is 13.2 Å². The van der Waals surface area contributed by atoms with Crippen molar-refractivity contribution in [3.63, 3.8) is 0 Å². The van der Waals surface area contributed by atoms with Crippen LogP contribution in [0.3, 0.4) is 0 Å². The SMILES string of the molecule is Cc1cc(Cn2cccn2)cnc1OCC(F)(F)F. The van der Waals surface area contributed by atoms with Crippen molar-refractivity contribution in [3.05, 3.63) is 41.9 Å². The zero-order chi connectivity index (χ0) is 13.9. The van der Waals surface area contributed by atoms with E-state index in [-0.39, 0.29) is 5.88 Å². The van der Waals surface area contributed by atoms with Crippen LogP contribution in [0.15, 0.2) is 30.7 Å². The highest BCUT2D eigenvalue weighted by Gasteiger charge is 2.28. The van der Waals surface area contributed by atoms with E-state index in [0.29, 0.717) is 12.1 Å². The molecule has 102 valence electrons. The second kappa shape index (κ2) is 5.29. The van der Waals surface area contributed by atoms with Gasteiger partial charge in [-0.2, -0.15) is 18.3 Å². The number of aromatic nitrogens is 3. The Hall–Kier alpha value is -2.05. The fourth-order valence-electron chi connectivity index (χ4n) is 1.59. The van der Waals surface area contributed by atoms with Gasteiger partial charge in [0.25, 0.3) is 0 Å². The average Bonchev–Trinajstić information content (AvgIpc) is 2.79. The van der Waals surface area contributed by atoms with E-state index in [0.717, 1.165) is 5.56 Å². The number of hydrogen-bond donors (Lipinski definition) is 0. The second-order valence-corrected chi connectivity index (χ2v) is 4.07. The van der Waals surface area contributed by atoms with Gasteiger partial charge in [0.2, 0.25) is 5.88 Å². The minimum atomic E-state index is -4.36. The van der Waals surface area contributed by atoms with Crippen LogP contribution in [0.5, 0.6) is 5.88 Å². The molecule has 0 atom stereocenters. The molecule has 2 rings (SSSR count). The van der Waals surface area contributed by atoms with Gasteiger partial charge in [-0.25, -0.2) is 4.98 Å². The van der Waals surface area contributed by atoms with E-state index in [4.69, 9.17) is 0 Å². The first kappa shape index (κ1) is 13.4. The third-order valence-corrected chi connectivity index (χ3v) is 2.36. The molecule has 0 saturated carbocycles. The molecule has 0 aliphatic rings. The maximum Gasteiger partial charge on any atom is 0.422 e. The predicted molar refractivity (Wildman–Crippen MR) is 61.9 cm³/mol. The molecule has 7 heteroatoms. The molecule has 0 aromatic carbocycles. The maximum atomic E-state index is 12.0. The van der Waals surface area contributed by atoms with E-state index < -0.39 is 12.8 Å². The van der Waals surface area contributed by atoms with Gasteiger partial charge in [-0.3, -0.25) is 4.68 Å². The van der Waals surface area contributed by atoms with Crippen LogP contribution in [-0.2, 0) is 6.54 Å². The lowest BCUT2D eigenvalue weighted by atomic mass is 10.2. The Morgan fingerprint density at radius 1 is 1.37 bits per heavy atom. The first-order valence-electron chi connectivity index (χ1n) is 5.56. The Kier molecular flexibility index (Phi) is 3.73.